The van der Waals surface area contributed by atoms with E-state index in [1.54, 1.807) is 37.6 Å². The molecule has 0 radical (unpaired) electrons. The monoisotopic (exact) mass is 1430 g/mol. The summed E-state index contributed by atoms with van der Waals surface area (Å²) in [7, 11) is 0. The predicted octanol–water partition coefficient (Wildman–Crippen LogP) is 16.7. The third-order valence-electron chi connectivity index (χ3n) is 18.1. The minimum atomic E-state index is -1.82. The van der Waals surface area contributed by atoms with Crippen molar-refractivity contribution < 1.29 is 52.8 Å². The van der Waals surface area contributed by atoms with Gasteiger partial charge in [0, 0.05) is 90.5 Å². The zero-order chi connectivity index (χ0) is 74.8. The quantitative estimate of drug-likeness (QED) is 0.0830. The maximum atomic E-state index is 13.6. The van der Waals surface area contributed by atoms with Gasteiger partial charge in [-0.15, -0.1) is 0 Å². The van der Waals surface area contributed by atoms with Gasteiger partial charge in [-0.05, 0) is 158 Å². The average Bonchev–Trinajstić information content (AvgIpc) is 1.26. The third-order valence-corrected chi connectivity index (χ3v) is 18.1. The van der Waals surface area contributed by atoms with Crippen molar-refractivity contribution in [2.45, 2.75) is 18.1 Å². The molecule has 0 aliphatic rings. The van der Waals surface area contributed by atoms with Crippen LogP contribution in [0.4, 0.5) is 13.2 Å². The standard InChI is InChI=1S/3C27H19FN4.2C2H2O4/c3*28-22-9-6-20(7-10-22)27(31-14-12-29-18-31)21-8-11-25-24(16-21)23(19-4-2-1-3-5-19)17-26-30-13-15-32(25)26;2*3-1(4)2(5)6/h3*1-18,27H;2*(H,3,4)(H,5,6). The summed E-state index contributed by atoms with van der Waals surface area (Å²) in [5.41, 5.74) is 19.1. The Morgan fingerprint density at radius 3 is 0.769 bits per heavy atom. The number of pyridine rings is 3. The number of hydrogen-bond acceptors (Lipinski definition) is 10. The number of fused-ring (bicyclic) bond motifs is 9. The molecule has 18 rings (SSSR count). The van der Waals surface area contributed by atoms with Gasteiger partial charge >= 0.3 is 23.9 Å². The fourth-order valence-corrected chi connectivity index (χ4v) is 13.3. The number of benzene rings is 9. The minimum absolute atomic E-state index is 0.121. The molecule has 3 unspecified atom stereocenters. The van der Waals surface area contributed by atoms with Crippen LogP contribution in [0.25, 0.3) is 83.0 Å². The maximum absolute atomic E-state index is 13.6. The summed E-state index contributed by atoms with van der Waals surface area (Å²) in [5.74, 6) is -8.03. The van der Waals surface area contributed by atoms with E-state index in [4.69, 9.17) is 39.6 Å². The molecule has 0 saturated heterocycles. The number of rotatable bonds is 12. The van der Waals surface area contributed by atoms with Crippen molar-refractivity contribution in [1.29, 1.82) is 0 Å². The normalized spacial score (nSPS) is 11.8. The molecule has 3 atom stereocenters. The highest BCUT2D eigenvalue weighted by atomic mass is 19.1. The molecule has 0 saturated carbocycles. The third kappa shape index (κ3) is 15.1. The fourth-order valence-electron chi connectivity index (χ4n) is 13.3. The van der Waals surface area contributed by atoms with E-state index in [-0.39, 0.29) is 35.6 Å². The second-order valence-corrected chi connectivity index (χ2v) is 24.7. The zero-order valence-corrected chi connectivity index (χ0v) is 56.8. The summed E-state index contributed by atoms with van der Waals surface area (Å²) < 4.78 is 53.4. The van der Waals surface area contributed by atoms with Crippen LogP contribution in [0.2, 0.25) is 0 Å². The van der Waals surface area contributed by atoms with Crippen molar-refractivity contribution in [2.24, 2.45) is 0 Å². The first-order valence-corrected chi connectivity index (χ1v) is 33.6. The number of aromatic nitrogens is 12. The summed E-state index contributed by atoms with van der Waals surface area (Å²) in [6, 6.07) is 76.6. The molecule has 18 aromatic rings. The van der Waals surface area contributed by atoms with Crippen molar-refractivity contribution in [3.63, 3.8) is 0 Å². The van der Waals surface area contributed by atoms with Gasteiger partial charge in [-0.25, -0.2) is 62.3 Å². The Hall–Kier alpha value is -14.9. The lowest BCUT2D eigenvalue weighted by atomic mass is 9.94. The molecular weight excluding hydrogens is 1370 g/mol. The summed E-state index contributed by atoms with van der Waals surface area (Å²) in [5, 5.41) is 33.0. The molecule has 9 aromatic carbocycles. The van der Waals surface area contributed by atoms with Crippen molar-refractivity contribution in [2.75, 3.05) is 0 Å². The van der Waals surface area contributed by atoms with E-state index in [1.807, 2.05) is 160 Å². The van der Waals surface area contributed by atoms with Crippen molar-refractivity contribution >= 4 is 73.5 Å². The highest BCUT2D eigenvalue weighted by Gasteiger charge is 2.23. The Balaban J connectivity index is 0.000000126. The number of hydrogen-bond donors (Lipinski definition) is 4. The van der Waals surface area contributed by atoms with Crippen LogP contribution in [-0.4, -0.2) is 101 Å². The first-order valence-electron chi connectivity index (χ1n) is 33.6. The lowest BCUT2D eigenvalue weighted by Gasteiger charge is -2.21. The SMILES string of the molecule is Fc1ccc(C(c2ccc3c(c2)c(-c2ccccc2)cc2nccn23)n2ccnc2)cc1.Fc1ccc(C(c2ccc3c(c2)c(-c2ccccc2)cc2nccn23)n2ccnc2)cc1.Fc1ccc(C(c2ccc3c(c2)c(-c2ccccc2)cc2nccn23)n2ccnc2)cc1.O=C(O)C(=O)O.O=C(O)C(=O)O. The molecule has 0 spiro atoms. The number of carbonyl (C=O) groups is 4. The Bertz CT molecular complexity index is 5570. The van der Waals surface area contributed by atoms with Crippen LogP contribution in [0.1, 0.15) is 51.5 Å². The molecule has 23 heteroatoms. The largest absolute Gasteiger partial charge is 0.473 e. The molecule has 0 aliphatic heterocycles. The number of carboxylic acid groups (broad SMARTS) is 4. The van der Waals surface area contributed by atoms with Gasteiger partial charge < -0.3 is 34.1 Å². The van der Waals surface area contributed by atoms with Gasteiger partial charge in [-0.3, -0.25) is 13.2 Å². The van der Waals surface area contributed by atoms with Gasteiger partial charge in [0.2, 0.25) is 0 Å². The molecule has 9 heterocycles. The number of carboxylic acids is 4. The van der Waals surface area contributed by atoms with Gasteiger partial charge in [-0.2, -0.15) is 0 Å². The van der Waals surface area contributed by atoms with Gasteiger partial charge in [-0.1, -0.05) is 146 Å². The second kappa shape index (κ2) is 31.4. The lowest BCUT2D eigenvalue weighted by Crippen LogP contribution is -2.11. The highest BCUT2D eigenvalue weighted by molar-refractivity contribution is 6.28. The summed E-state index contributed by atoms with van der Waals surface area (Å²) in [4.78, 5) is 62.7. The summed E-state index contributed by atoms with van der Waals surface area (Å²) in [6.07, 6.45) is 27.9. The van der Waals surface area contributed by atoms with Crippen LogP contribution in [0.15, 0.2) is 330 Å². The Morgan fingerprint density at radius 1 is 0.287 bits per heavy atom. The predicted molar refractivity (Wildman–Crippen MR) is 403 cm³/mol. The summed E-state index contributed by atoms with van der Waals surface area (Å²) >= 11 is 0. The maximum Gasteiger partial charge on any atom is 0.414 e. The van der Waals surface area contributed by atoms with Crippen LogP contribution in [0, 0.1) is 17.5 Å². The molecule has 4 N–H and O–H groups in total. The number of imidazole rings is 6. The Morgan fingerprint density at radius 2 is 0.537 bits per heavy atom. The van der Waals surface area contributed by atoms with Crippen molar-refractivity contribution in [3.8, 4) is 33.4 Å². The molecule has 20 nitrogen and oxygen atoms in total. The molecule has 0 aliphatic carbocycles. The number of nitrogens with zero attached hydrogens (tertiary/aromatic N) is 12. The second-order valence-electron chi connectivity index (χ2n) is 24.7. The zero-order valence-electron chi connectivity index (χ0n) is 56.8. The molecule has 530 valence electrons. The number of halogens is 3. The van der Waals surface area contributed by atoms with Crippen LogP contribution >= 0.6 is 0 Å². The van der Waals surface area contributed by atoms with E-state index in [0.29, 0.717) is 0 Å². The minimum Gasteiger partial charge on any atom is -0.473 e. The molecule has 0 amide bonds. The lowest BCUT2D eigenvalue weighted by molar-refractivity contribution is -0.159. The molecule has 0 bridgehead atoms. The van der Waals surface area contributed by atoms with E-state index in [9.17, 15) is 13.2 Å². The van der Waals surface area contributed by atoms with Crippen LogP contribution < -0.4 is 0 Å². The van der Waals surface area contributed by atoms with E-state index in [1.165, 1.54) is 36.4 Å². The van der Waals surface area contributed by atoms with Crippen LogP contribution in [-0.2, 0) is 19.2 Å². The molecule has 108 heavy (non-hydrogen) atoms. The first kappa shape index (κ1) is 70.2. The topological polar surface area (TPSA) is 255 Å². The van der Waals surface area contributed by atoms with E-state index >= 15 is 0 Å². The van der Waals surface area contributed by atoms with Gasteiger partial charge in [0.05, 0.1) is 53.7 Å². The van der Waals surface area contributed by atoms with E-state index in [0.717, 1.165) is 116 Å². The van der Waals surface area contributed by atoms with E-state index in [2.05, 4.69) is 152 Å². The fraction of sp³-hybridized carbons (Fsp3) is 0.0353. The molecule has 9 aromatic heterocycles. The van der Waals surface area contributed by atoms with Gasteiger partial charge in [0.25, 0.3) is 0 Å². The first-order chi connectivity index (χ1) is 52.6. The number of aliphatic carboxylic acids is 4. The van der Waals surface area contributed by atoms with Crippen LogP contribution in [0.3, 0.4) is 0 Å². The van der Waals surface area contributed by atoms with Gasteiger partial charge in [0.15, 0.2) is 0 Å². The Labute approximate surface area is 612 Å². The average molecular weight is 1440 g/mol. The smallest absolute Gasteiger partial charge is 0.414 e. The van der Waals surface area contributed by atoms with Gasteiger partial charge in [0.1, 0.15) is 34.4 Å². The molecule has 0 fully saturated rings. The van der Waals surface area contributed by atoms with E-state index < -0.39 is 23.9 Å². The molecular formula is C85H61F3N12O8. The van der Waals surface area contributed by atoms with Crippen molar-refractivity contribution in [1.82, 2.24) is 56.8 Å². The highest BCUT2D eigenvalue weighted by Crippen LogP contribution is 2.39. The van der Waals surface area contributed by atoms with Crippen LogP contribution in [0.5, 0.6) is 0 Å². The Kier molecular flexibility index (Phi) is 20.4. The van der Waals surface area contributed by atoms with Crippen molar-refractivity contribution in [3.05, 3.63) is 381 Å². The summed E-state index contributed by atoms with van der Waals surface area (Å²) in [6.45, 7) is 0.